The van der Waals surface area contributed by atoms with Crippen molar-refractivity contribution in [3.8, 4) is 0 Å². The fraction of sp³-hybridized carbons (Fsp3) is 0.667. The Labute approximate surface area is 106 Å². The normalized spacial score (nSPS) is 20.2. The summed E-state index contributed by atoms with van der Waals surface area (Å²) in [6.45, 7) is 4.06. The summed E-state index contributed by atoms with van der Waals surface area (Å²) in [5, 5.41) is 7.40. The van der Waals surface area contributed by atoms with E-state index in [0.717, 1.165) is 48.7 Å². The van der Waals surface area contributed by atoms with Crippen molar-refractivity contribution in [3.63, 3.8) is 0 Å². The molecule has 0 spiro atoms. The van der Waals surface area contributed by atoms with Crippen molar-refractivity contribution in [3.05, 3.63) is 16.1 Å². The van der Waals surface area contributed by atoms with E-state index in [-0.39, 0.29) is 11.9 Å². The first kappa shape index (κ1) is 12.5. The second-order valence-corrected chi connectivity index (χ2v) is 5.50. The average molecular weight is 253 g/mol. The van der Waals surface area contributed by atoms with Crippen LogP contribution in [0, 0.1) is 0 Å². The second kappa shape index (κ2) is 6.12. The summed E-state index contributed by atoms with van der Waals surface area (Å²) in [4.78, 5) is 17.0. The number of hydrogen-bond acceptors (Lipinski definition) is 4. The molecule has 2 N–H and O–H groups in total. The molecular formula is C12H19N3OS. The van der Waals surface area contributed by atoms with Crippen LogP contribution >= 0.6 is 11.3 Å². The van der Waals surface area contributed by atoms with Crippen molar-refractivity contribution in [1.82, 2.24) is 15.6 Å². The summed E-state index contributed by atoms with van der Waals surface area (Å²) < 4.78 is 0. The molecule has 0 bridgehead atoms. The first-order chi connectivity index (χ1) is 8.29. The molecule has 0 aromatic carbocycles. The molecule has 0 saturated carbocycles. The van der Waals surface area contributed by atoms with E-state index in [1.54, 1.807) is 6.20 Å². The lowest BCUT2D eigenvalue weighted by atomic mass is 10.1. The van der Waals surface area contributed by atoms with Crippen LogP contribution in [0.25, 0.3) is 0 Å². The first-order valence-corrected chi connectivity index (χ1v) is 7.07. The molecule has 1 unspecified atom stereocenters. The molecule has 1 aromatic rings. The predicted molar refractivity (Wildman–Crippen MR) is 69.5 cm³/mol. The zero-order valence-corrected chi connectivity index (χ0v) is 11.0. The number of hydrogen-bond donors (Lipinski definition) is 2. The number of nitrogens with one attached hydrogen (secondary N) is 2. The van der Waals surface area contributed by atoms with E-state index in [1.807, 2.05) is 0 Å². The Morgan fingerprint density at radius 2 is 2.59 bits per heavy atom. The number of thiazole rings is 1. The minimum absolute atomic E-state index is 0.0264. The van der Waals surface area contributed by atoms with Crippen molar-refractivity contribution in [2.75, 3.05) is 13.1 Å². The highest BCUT2D eigenvalue weighted by atomic mass is 32.1. The number of aromatic nitrogens is 1. The van der Waals surface area contributed by atoms with Gasteiger partial charge in [-0.05, 0) is 32.2 Å². The van der Waals surface area contributed by atoms with Gasteiger partial charge in [0.05, 0.1) is 11.2 Å². The van der Waals surface area contributed by atoms with E-state index in [2.05, 4.69) is 22.5 Å². The fourth-order valence-electron chi connectivity index (χ4n) is 1.98. The van der Waals surface area contributed by atoms with Gasteiger partial charge in [0.1, 0.15) is 4.88 Å². The van der Waals surface area contributed by atoms with Crippen molar-refractivity contribution < 1.29 is 4.79 Å². The van der Waals surface area contributed by atoms with Gasteiger partial charge < -0.3 is 10.6 Å². The molecular weight excluding hydrogens is 234 g/mol. The molecule has 0 radical (unpaired) electrons. The molecule has 17 heavy (non-hydrogen) atoms. The van der Waals surface area contributed by atoms with Gasteiger partial charge in [-0.2, -0.15) is 0 Å². The van der Waals surface area contributed by atoms with Gasteiger partial charge in [0.25, 0.3) is 5.91 Å². The maximum absolute atomic E-state index is 12.0. The van der Waals surface area contributed by atoms with Gasteiger partial charge in [0.15, 0.2) is 0 Å². The average Bonchev–Trinajstić information content (AvgIpc) is 2.79. The smallest absolute Gasteiger partial charge is 0.263 e. The van der Waals surface area contributed by atoms with Crippen LogP contribution in [0.5, 0.6) is 0 Å². The van der Waals surface area contributed by atoms with E-state index >= 15 is 0 Å². The summed E-state index contributed by atoms with van der Waals surface area (Å²) >= 11 is 1.51. The van der Waals surface area contributed by atoms with Crippen LogP contribution < -0.4 is 10.6 Å². The van der Waals surface area contributed by atoms with E-state index in [4.69, 9.17) is 0 Å². The minimum Gasteiger partial charge on any atom is -0.347 e. The molecule has 1 saturated heterocycles. The molecule has 1 fully saturated rings. The zero-order chi connectivity index (χ0) is 12.1. The Bertz CT molecular complexity index is 372. The van der Waals surface area contributed by atoms with Crippen molar-refractivity contribution in [2.24, 2.45) is 0 Å². The number of rotatable bonds is 4. The fourth-order valence-corrected chi connectivity index (χ4v) is 2.90. The molecule has 1 aliphatic heterocycles. The van der Waals surface area contributed by atoms with E-state index < -0.39 is 0 Å². The Hall–Kier alpha value is -0.940. The lowest BCUT2D eigenvalue weighted by molar-refractivity contribution is 0.0934. The number of piperidine rings is 1. The lowest BCUT2D eigenvalue weighted by Gasteiger charge is -2.23. The van der Waals surface area contributed by atoms with Crippen LogP contribution in [0.3, 0.4) is 0 Å². The van der Waals surface area contributed by atoms with Gasteiger partial charge in [-0.1, -0.05) is 6.92 Å². The first-order valence-electron chi connectivity index (χ1n) is 6.26. The molecule has 0 aliphatic carbocycles. The standard InChI is InChI=1S/C12H19N3OS/c1-2-4-11-14-8-10(17-11)12(16)15-9-5-3-6-13-7-9/h8-9,13H,2-7H2,1H3,(H,15,16). The molecule has 94 valence electrons. The molecule has 2 rings (SSSR count). The van der Waals surface area contributed by atoms with Gasteiger partial charge >= 0.3 is 0 Å². The maximum Gasteiger partial charge on any atom is 0.263 e. The molecule has 5 heteroatoms. The molecule has 1 atom stereocenters. The van der Waals surface area contributed by atoms with E-state index in [0.29, 0.717) is 0 Å². The summed E-state index contributed by atoms with van der Waals surface area (Å²) in [6.07, 6.45) is 5.93. The highest BCUT2D eigenvalue weighted by Crippen LogP contribution is 2.15. The molecule has 1 aromatic heterocycles. The van der Waals surface area contributed by atoms with Gasteiger partial charge in [-0.3, -0.25) is 4.79 Å². The van der Waals surface area contributed by atoms with Crippen LogP contribution in [-0.2, 0) is 6.42 Å². The third-order valence-corrected chi connectivity index (χ3v) is 3.93. The largest absolute Gasteiger partial charge is 0.347 e. The lowest BCUT2D eigenvalue weighted by Crippen LogP contribution is -2.45. The molecule has 2 heterocycles. The Kier molecular flexibility index (Phi) is 4.50. The zero-order valence-electron chi connectivity index (χ0n) is 10.2. The number of carbonyl (C=O) groups is 1. The highest BCUT2D eigenvalue weighted by molar-refractivity contribution is 7.13. The molecule has 4 nitrogen and oxygen atoms in total. The Morgan fingerprint density at radius 3 is 3.29 bits per heavy atom. The van der Waals surface area contributed by atoms with Crippen LogP contribution in [0.1, 0.15) is 40.9 Å². The van der Waals surface area contributed by atoms with Crippen LogP contribution in [0.2, 0.25) is 0 Å². The monoisotopic (exact) mass is 253 g/mol. The number of amides is 1. The SMILES string of the molecule is CCCc1ncc(C(=O)NC2CCCNC2)s1. The van der Waals surface area contributed by atoms with E-state index in [1.165, 1.54) is 11.3 Å². The van der Waals surface area contributed by atoms with Crippen molar-refractivity contribution in [2.45, 2.75) is 38.6 Å². The highest BCUT2D eigenvalue weighted by Gasteiger charge is 2.17. The van der Waals surface area contributed by atoms with Gasteiger partial charge in [0, 0.05) is 12.6 Å². The van der Waals surface area contributed by atoms with Gasteiger partial charge in [0.2, 0.25) is 0 Å². The Balaban J connectivity index is 1.89. The predicted octanol–water partition coefficient (Wildman–Crippen LogP) is 1.58. The van der Waals surface area contributed by atoms with E-state index in [9.17, 15) is 4.79 Å². The summed E-state index contributed by atoms with van der Waals surface area (Å²) in [5.74, 6) is 0.0264. The summed E-state index contributed by atoms with van der Waals surface area (Å²) in [5.41, 5.74) is 0. The second-order valence-electron chi connectivity index (χ2n) is 4.38. The Morgan fingerprint density at radius 1 is 1.71 bits per heavy atom. The third kappa shape index (κ3) is 3.51. The summed E-state index contributed by atoms with van der Waals surface area (Å²) in [7, 11) is 0. The van der Waals surface area contributed by atoms with Gasteiger partial charge in [-0.25, -0.2) is 4.98 Å². The maximum atomic E-state index is 12.0. The quantitative estimate of drug-likeness (QED) is 0.856. The van der Waals surface area contributed by atoms with Crippen LogP contribution in [0.4, 0.5) is 0 Å². The number of carbonyl (C=O) groups excluding carboxylic acids is 1. The number of aryl methyl sites for hydroxylation is 1. The third-order valence-electron chi connectivity index (χ3n) is 2.87. The summed E-state index contributed by atoms with van der Waals surface area (Å²) in [6, 6.07) is 0.271. The molecule has 1 amide bonds. The van der Waals surface area contributed by atoms with Gasteiger partial charge in [-0.15, -0.1) is 11.3 Å². The van der Waals surface area contributed by atoms with Crippen LogP contribution in [0.15, 0.2) is 6.20 Å². The van der Waals surface area contributed by atoms with Crippen LogP contribution in [-0.4, -0.2) is 30.0 Å². The minimum atomic E-state index is 0.0264. The topological polar surface area (TPSA) is 54.0 Å². The van der Waals surface area contributed by atoms with Crippen molar-refractivity contribution in [1.29, 1.82) is 0 Å². The van der Waals surface area contributed by atoms with Crippen molar-refractivity contribution >= 4 is 17.2 Å². The number of nitrogens with zero attached hydrogens (tertiary/aromatic N) is 1. The molecule has 1 aliphatic rings.